The molecule has 0 saturated carbocycles. The molecule has 0 aliphatic carbocycles. The zero-order valence-electron chi connectivity index (χ0n) is 16.2. The van der Waals surface area contributed by atoms with E-state index in [2.05, 4.69) is 33.8 Å². The van der Waals surface area contributed by atoms with Crippen molar-refractivity contribution in [1.82, 2.24) is 20.4 Å². The number of hydrogen-bond acceptors (Lipinski definition) is 4. The van der Waals surface area contributed by atoms with Crippen LogP contribution in [0.3, 0.4) is 0 Å². The summed E-state index contributed by atoms with van der Waals surface area (Å²) in [5.41, 5.74) is 3.15. The lowest BCUT2D eigenvalue weighted by Gasteiger charge is -2.34. The topological polar surface area (TPSA) is 77.7 Å². The average Bonchev–Trinajstić information content (AvgIpc) is 3.13. The van der Waals surface area contributed by atoms with Gasteiger partial charge in [-0.05, 0) is 30.9 Å². The van der Waals surface area contributed by atoms with E-state index < -0.39 is 0 Å². The molecule has 1 saturated heterocycles. The van der Waals surface area contributed by atoms with E-state index in [-0.39, 0.29) is 6.61 Å². The number of aromatic nitrogens is 2. The van der Waals surface area contributed by atoms with Crippen LogP contribution < -0.4 is 15.5 Å². The summed E-state index contributed by atoms with van der Waals surface area (Å²) < 4.78 is 1.84. The number of aliphatic imine (C=N–C) groups is 1. The molecule has 7 heteroatoms. The van der Waals surface area contributed by atoms with Gasteiger partial charge in [0.25, 0.3) is 0 Å². The number of hydrogen-bond donors (Lipinski definition) is 3. The van der Waals surface area contributed by atoms with Crippen molar-refractivity contribution in [2.75, 3.05) is 24.5 Å². The Hall–Kier alpha value is -2.54. The highest BCUT2D eigenvalue weighted by Gasteiger charge is 2.21. The van der Waals surface area contributed by atoms with Gasteiger partial charge in [-0.1, -0.05) is 24.3 Å². The van der Waals surface area contributed by atoms with Gasteiger partial charge in [-0.15, -0.1) is 0 Å². The molecule has 0 radical (unpaired) electrons. The van der Waals surface area contributed by atoms with E-state index in [1.807, 2.05) is 42.2 Å². The number of anilines is 1. The fourth-order valence-corrected chi connectivity index (χ4v) is 3.44. The molecule has 0 bridgehead atoms. The zero-order chi connectivity index (χ0) is 19.1. The highest BCUT2D eigenvalue weighted by atomic mass is 16.3. The largest absolute Gasteiger partial charge is 0.392 e. The normalized spacial score (nSPS) is 17.8. The smallest absolute Gasteiger partial charge is 0.191 e. The second kappa shape index (κ2) is 9.41. The average molecular weight is 371 g/mol. The molecule has 2 aromatic rings. The monoisotopic (exact) mass is 370 g/mol. The van der Waals surface area contributed by atoms with Crippen molar-refractivity contribution in [3.63, 3.8) is 0 Å². The first kappa shape index (κ1) is 19.2. The number of aliphatic hydroxyl groups is 1. The van der Waals surface area contributed by atoms with Gasteiger partial charge < -0.3 is 20.6 Å². The van der Waals surface area contributed by atoms with Crippen LogP contribution in [0.25, 0.3) is 0 Å². The Kier molecular flexibility index (Phi) is 6.70. The maximum Gasteiger partial charge on any atom is 0.191 e. The molecule has 3 N–H and O–H groups in total. The Balaban J connectivity index is 1.64. The van der Waals surface area contributed by atoms with Crippen LogP contribution >= 0.6 is 0 Å². The van der Waals surface area contributed by atoms with E-state index in [1.165, 1.54) is 5.69 Å². The third-order valence-electron chi connectivity index (χ3n) is 4.86. The number of nitrogens with zero attached hydrogens (tertiary/aromatic N) is 4. The Morgan fingerprint density at radius 2 is 2.15 bits per heavy atom. The number of guanidine groups is 1. The minimum Gasteiger partial charge on any atom is -0.392 e. The van der Waals surface area contributed by atoms with Gasteiger partial charge in [0, 0.05) is 38.9 Å². The van der Waals surface area contributed by atoms with Crippen molar-refractivity contribution < 1.29 is 5.11 Å². The van der Waals surface area contributed by atoms with Crippen molar-refractivity contribution >= 4 is 11.6 Å². The molecule has 1 aliphatic rings. The van der Waals surface area contributed by atoms with Gasteiger partial charge in [-0.2, -0.15) is 5.10 Å². The molecular formula is C20H30N6O. The molecular weight excluding hydrogens is 340 g/mol. The summed E-state index contributed by atoms with van der Waals surface area (Å²) in [6.45, 7) is 5.46. The summed E-state index contributed by atoms with van der Waals surface area (Å²) in [5.74, 6) is 0.822. The molecule has 1 unspecified atom stereocenters. The number of aliphatic hydroxyl groups excluding tert-OH is 1. The number of benzene rings is 1. The first-order valence-electron chi connectivity index (χ1n) is 9.65. The Labute approximate surface area is 161 Å². The number of aryl methyl sites for hydroxylation is 1. The zero-order valence-corrected chi connectivity index (χ0v) is 16.2. The van der Waals surface area contributed by atoms with Crippen LogP contribution in [-0.4, -0.2) is 46.5 Å². The number of nitrogens with one attached hydrogen (secondary N) is 2. The van der Waals surface area contributed by atoms with E-state index in [1.54, 1.807) is 0 Å². The van der Waals surface area contributed by atoms with Gasteiger partial charge in [0.05, 0.1) is 25.0 Å². The molecule has 1 atom stereocenters. The maximum absolute atomic E-state index is 9.50. The van der Waals surface area contributed by atoms with Crippen molar-refractivity contribution in [2.45, 2.75) is 39.0 Å². The van der Waals surface area contributed by atoms with Gasteiger partial charge in [0.1, 0.15) is 0 Å². The summed E-state index contributed by atoms with van der Waals surface area (Å²) in [7, 11) is 1.95. The van der Waals surface area contributed by atoms with Gasteiger partial charge in [0.15, 0.2) is 5.96 Å². The summed E-state index contributed by atoms with van der Waals surface area (Å²) >= 11 is 0. The molecule has 27 heavy (non-hydrogen) atoms. The fourth-order valence-electron chi connectivity index (χ4n) is 3.44. The van der Waals surface area contributed by atoms with Crippen LogP contribution in [0.15, 0.2) is 41.7 Å². The molecule has 1 fully saturated rings. The first-order valence-corrected chi connectivity index (χ1v) is 9.65. The van der Waals surface area contributed by atoms with Crippen LogP contribution in [0.5, 0.6) is 0 Å². The van der Waals surface area contributed by atoms with Crippen LogP contribution in [0.1, 0.15) is 30.9 Å². The van der Waals surface area contributed by atoms with E-state index in [9.17, 15) is 5.11 Å². The van der Waals surface area contributed by atoms with E-state index in [4.69, 9.17) is 4.99 Å². The lowest BCUT2D eigenvalue weighted by atomic mass is 10.1. The molecule has 1 aliphatic heterocycles. The minimum absolute atomic E-state index is 0.0400. The molecule has 146 valence electrons. The molecule has 2 heterocycles. The maximum atomic E-state index is 9.50. The summed E-state index contributed by atoms with van der Waals surface area (Å²) in [4.78, 5) is 7.11. The molecule has 0 spiro atoms. The quantitative estimate of drug-likeness (QED) is 0.532. The van der Waals surface area contributed by atoms with Crippen molar-refractivity contribution in [2.24, 2.45) is 12.0 Å². The predicted molar refractivity (Wildman–Crippen MR) is 109 cm³/mol. The lowest BCUT2D eigenvalue weighted by molar-refractivity contribution is 0.280. The molecule has 1 aromatic heterocycles. The van der Waals surface area contributed by atoms with Crippen molar-refractivity contribution in [3.8, 4) is 0 Å². The Bertz CT molecular complexity index is 756. The van der Waals surface area contributed by atoms with Crippen molar-refractivity contribution in [3.05, 3.63) is 47.8 Å². The van der Waals surface area contributed by atoms with E-state index in [0.717, 1.165) is 49.6 Å². The first-order chi connectivity index (χ1) is 13.2. The van der Waals surface area contributed by atoms with Gasteiger partial charge in [-0.25, -0.2) is 4.99 Å². The molecule has 1 aromatic carbocycles. The second-order valence-corrected chi connectivity index (χ2v) is 6.92. The fraction of sp³-hybridized carbons (Fsp3) is 0.500. The van der Waals surface area contributed by atoms with Crippen LogP contribution in [0.2, 0.25) is 0 Å². The summed E-state index contributed by atoms with van der Waals surface area (Å²) in [6.07, 6.45) is 6.24. The summed E-state index contributed by atoms with van der Waals surface area (Å²) in [6, 6.07) is 8.22. The number of piperidine rings is 1. The molecule has 3 rings (SSSR count). The Morgan fingerprint density at radius 3 is 2.85 bits per heavy atom. The Morgan fingerprint density at radius 1 is 1.33 bits per heavy atom. The second-order valence-electron chi connectivity index (χ2n) is 6.92. The molecule has 0 amide bonds. The number of rotatable bonds is 6. The highest BCUT2D eigenvalue weighted by Crippen LogP contribution is 2.19. The van der Waals surface area contributed by atoms with Gasteiger partial charge >= 0.3 is 0 Å². The highest BCUT2D eigenvalue weighted by molar-refractivity contribution is 5.80. The van der Waals surface area contributed by atoms with Crippen LogP contribution in [-0.2, 0) is 20.2 Å². The van der Waals surface area contributed by atoms with Gasteiger partial charge in [0.2, 0.25) is 0 Å². The third kappa shape index (κ3) is 5.23. The van der Waals surface area contributed by atoms with E-state index in [0.29, 0.717) is 12.6 Å². The third-order valence-corrected chi connectivity index (χ3v) is 4.86. The minimum atomic E-state index is 0.0400. The summed E-state index contributed by atoms with van der Waals surface area (Å²) in [5, 5.41) is 20.7. The van der Waals surface area contributed by atoms with E-state index >= 15 is 0 Å². The van der Waals surface area contributed by atoms with Crippen molar-refractivity contribution in [1.29, 1.82) is 0 Å². The predicted octanol–water partition coefficient (Wildman–Crippen LogP) is 1.64. The SMILES string of the molecule is CCNC(=NCc1ccccc1CO)NC1CCCN(c2cnn(C)c2)C1. The van der Waals surface area contributed by atoms with Gasteiger partial charge in [-0.3, -0.25) is 4.68 Å². The standard InChI is InChI=1S/C20H30N6O/c1-3-21-20(22-11-16-7-4-5-8-17(16)15-27)24-18-9-6-10-26(13-18)19-12-23-25(2)14-19/h4-5,7-8,12,14,18,27H,3,6,9-11,13,15H2,1-2H3,(H2,21,22,24). The van der Waals surface area contributed by atoms with Crippen LogP contribution in [0, 0.1) is 0 Å². The molecule has 7 nitrogen and oxygen atoms in total. The van der Waals surface area contributed by atoms with Crippen LogP contribution in [0.4, 0.5) is 5.69 Å². The lowest BCUT2D eigenvalue weighted by Crippen LogP contribution is -2.51.